The highest BCUT2D eigenvalue weighted by atomic mass is 32.1. The van der Waals surface area contributed by atoms with Gasteiger partial charge in [-0.05, 0) is 64.8 Å². The first-order valence-corrected chi connectivity index (χ1v) is 10.6. The van der Waals surface area contributed by atoms with Crippen molar-refractivity contribution in [3.05, 3.63) is 45.7 Å². The standard InChI is InChI=1S/C22H27N3O3S/c1-7-27-17-10-9-16(11-18(17)28-8-2)13(4)24-21(26)20-12(3)19-14(5)23-15(6)25-22(19)29-20/h9-11,13H,7-8H2,1-6H3,(H,24,26). The number of nitrogens with zero attached hydrogens (tertiary/aromatic N) is 2. The first-order valence-electron chi connectivity index (χ1n) is 9.80. The third-order valence-corrected chi connectivity index (χ3v) is 5.89. The molecule has 0 fully saturated rings. The fraction of sp³-hybridized carbons (Fsp3) is 0.409. The summed E-state index contributed by atoms with van der Waals surface area (Å²) < 4.78 is 11.3. The van der Waals surface area contributed by atoms with Crippen molar-refractivity contribution in [1.29, 1.82) is 0 Å². The van der Waals surface area contributed by atoms with Crippen LogP contribution < -0.4 is 14.8 Å². The molecule has 2 aromatic heterocycles. The van der Waals surface area contributed by atoms with Crippen LogP contribution in [0.5, 0.6) is 11.5 Å². The van der Waals surface area contributed by atoms with Crippen molar-refractivity contribution in [3.63, 3.8) is 0 Å². The maximum Gasteiger partial charge on any atom is 0.262 e. The van der Waals surface area contributed by atoms with Crippen molar-refractivity contribution in [2.45, 2.75) is 47.6 Å². The number of hydrogen-bond donors (Lipinski definition) is 1. The first-order chi connectivity index (χ1) is 13.8. The number of aromatic nitrogens is 2. The third-order valence-electron chi connectivity index (χ3n) is 4.70. The zero-order valence-corrected chi connectivity index (χ0v) is 18.6. The van der Waals surface area contributed by atoms with Crippen molar-refractivity contribution in [2.75, 3.05) is 13.2 Å². The van der Waals surface area contributed by atoms with E-state index in [1.807, 2.05) is 59.7 Å². The molecule has 0 saturated heterocycles. The molecule has 0 aliphatic rings. The van der Waals surface area contributed by atoms with E-state index in [2.05, 4.69) is 15.3 Å². The number of benzene rings is 1. The summed E-state index contributed by atoms with van der Waals surface area (Å²) in [6, 6.07) is 5.58. The summed E-state index contributed by atoms with van der Waals surface area (Å²) in [6.45, 7) is 12.7. The molecule has 0 saturated carbocycles. The van der Waals surface area contributed by atoms with E-state index >= 15 is 0 Å². The van der Waals surface area contributed by atoms with Gasteiger partial charge >= 0.3 is 0 Å². The molecule has 1 atom stereocenters. The molecule has 2 heterocycles. The fourth-order valence-electron chi connectivity index (χ4n) is 3.37. The average molecular weight is 414 g/mol. The Hall–Kier alpha value is -2.67. The number of carbonyl (C=O) groups excluding carboxylic acids is 1. The van der Waals surface area contributed by atoms with Crippen LogP contribution in [0.1, 0.15) is 59.1 Å². The second kappa shape index (κ2) is 8.78. The van der Waals surface area contributed by atoms with Crippen molar-refractivity contribution in [3.8, 4) is 11.5 Å². The van der Waals surface area contributed by atoms with Crippen LogP contribution in [0, 0.1) is 20.8 Å². The number of hydrogen-bond acceptors (Lipinski definition) is 6. The van der Waals surface area contributed by atoms with Gasteiger partial charge in [0.05, 0.1) is 24.1 Å². The Labute approximate surface area is 175 Å². The summed E-state index contributed by atoms with van der Waals surface area (Å²) in [5.41, 5.74) is 2.78. The van der Waals surface area contributed by atoms with Crippen LogP contribution in [0.4, 0.5) is 0 Å². The molecule has 1 N–H and O–H groups in total. The molecule has 1 aromatic carbocycles. The molecule has 3 aromatic rings. The largest absolute Gasteiger partial charge is 0.490 e. The predicted molar refractivity (Wildman–Crippen MR) is 116 cm³/mol. The van der Waals surface area contributed by atoms with Gasteiger partial charge < -0.3 is 14.8 Å². The number of rotatable bonds is 7. The number of thiophene rings is 1. The van der Waals surface area contributed by atoms with Crippen LogP contribution >= 0.6 is 11.3 Å². The van der Waals surface area contributed by atoms with Crippen molar-refractivity contribution in [2.24, 2.45) is 0 Å². The molecule has 0 bridgehead atoms. The van der Waals surface area contributed by atoms with Crippen LogP contribution in [0.2, 0.25) is 0 Å². The Bertz CT molecular complexity index is 1050. The van der Waals surface area contributed by atoms with E-state index in [9.17, 15) is 4.79 Å². The van der Waals surface area contributed by atoms with Gasteiger partial charge in [-0.2, -0.15) is 0 Å². The zero-order chi connectivity index (χ0) is 21.1. The number of amides is 1. The van der Waals surface area contributed by atoms with Crippen molar-refractivity contribution >= 4 is 27.5 Å². The number of fused-ring (bicyclic) bond motifs is 1. The Morgan fingerprint density at radius 2 is 1.79 bits per heavy atom. The van der Waals surface area contributed by atoms with E-state index in [-0.39, 0.29) is 11.9 Å². The molecular weight excluding hydrogens is 386 g/mol. The lowest BCUT2D eigenvalue weighted by atomic mass is 10.1. The van der Waals surface area contributed by atoms with Crippen LogP contribution in [0.3, 0.4) is 0 Å². The van der Waals surface area contributed by atoms with E-state index in [4.69, 9.17) is 9.47 Å². The molecule has 29 heavy (non-hydrogen) atoms. The first kappa shape index (κ1) is 21.0. The fourth-order valence-corrected chi connectivity index (χ4v) is 4.55. The smallest absolute Gasteiger partial charge is 0.262 e. The van der Waals surface area contributed by atoms with E-state index in [0.29, 0.717) is 29.6 Å². The molecule has 154 valence electrons. The molecule has 0 aliphatic carbocycles. The topological polar surface area (TPSA) is 73.3 Å². The molecule has 1 amide bonds. The second-order valence-corrected chi connectivity index (χ2v) is 7.86. The van der Waals surface area contributed by atoms with Crippen LogP contribution in [-0.4, -0.2) is 29.1 Å². The number of aryl methyl sites for hydroxylation is 3. The molecule has 7 heteroatoms. The highest BCUT2D eigenvalue weighted by Crippen LogP contribution is 2.33. The minimum absolute atomic E-state index is 0.109. The summed E-state index contributed by atoms with van der Waals surface area (Å²) >= 11 is 1.41. The summed E-state index contributed by atoms with van der Waals surface area (Å²) in [6.07, 6.45) is 0. The number of carbonyl (C=O) groups is 1. The van der Waals surface area contributed by atoms with E-state index in [1.165, 1.54) is 11.3 Å². The molecule has 6 nitrogen and oxygen atoms in total. The minimum Gasteiger partial charge on any atom is -0.490 e. The van der Waals surface area contributed by atoms with E-state index < -0.39 is 0 Å². The molecule has 0 spiro atoms. The van der Waals surface area contributed by atoms with Gasteiger partial charge in [-0.1, -0.05) is 6.07 Å². The van der Waals surface area contributed by atoms with Crippen molar-refractivity contribution in [1.82, 2.24) is 15.3 Å². The summed E-state index contributed by atoms with van der Waals surface area (Å²) in [7, 11) is 0. The monoisotopic (exact) mass is 413 g/mol. The maximum atomic E-state index is 13.0. The van der Waals surface area contributed by atoms with Crippen molar-refractivity contribution < 1.29 is 14.3 Å². The van der Waals surface area contributed by atoms with Gasteiger partial charge in [-0.25, -0.2) is 9.97 Å². The Kier molecular flexibility index (Phi) is 6.37. The van der Waals surface area contributed by atoms with Crippen LogP contribution in [0.25, 0.3) is 10.2 Å². The van der Waals surface area contributed by atoms with Gasteiger partial charge in [0.2, 0.25) is 0 Å². The highest BCUT2D eigenvalue weighted by molar-refractivity contribution is 7.20. The zero-order valence-electron chi connectivity index (χ0n) is 17.8. The van der Waals surface area contributed by atoms with Gasteiger partial charge in [0.1, 0.15) is 10.7 Å². The lowest BCUT2D eigenvalue weighted by Crippen LogP contribution is -2.26. The Balaban J connectivity index is 1.85. The Morgan fingerprint density at radius 3 is 2.48 bits per heavy atom. The second-order valence-electron chi connectivity index (χ2n) is 6.86. The third kappa shape index (κ3) is 4.34. The van der Waals surface area contributed by atoms with Gasteiger partial charge in [-0.15, -0.1) is 11.3 Å². The number of nitrogens with one attached hydrogen (secondary N) is 1. The quantitative estimate of drug-likeness (QED) is 0.596. The van der Waals surface area contributed by atoms with Crippen LogP contribution in [0.15, 0.2) is 18.2 Å². The lowest BCUT2D eigenvalue weighted by molar-refractivity contribution is 0.0943. The molecule has 3 rings (SSSR count). The van der Waals surface area contributed by atoms with E-state index in [0.717, 1.165) is 32.9 Å². The van der Waals surface area contributed by atoms with Gasteiger partial charge in [0.25, 0.3) is 5.91 Å². The normalized spacial score (nSPS) is 12.1. The average Bonchev–Trinajstić information content (AvgIpc) is 3.00. The highest BCUT2D eigenvalue weighted by Gasteiger charge is 2.21. The summed E-state index contributed by atoms with van der Waals surface area (Å²) in [5.74, 6) is 2.00. The summed E-state index contributed by atoms with van der Waals surface area (Å²) in [5, 5.41) is 4.07. The molecule has 0 aliphatic heterocycles. The molecule has 0 radical (unpaired) electrons. The van der Waals surface area contributed by atoms with E-state index in [1.54, 1.807) is 0 Å². The van der Waals surface area contributed by atoms with Gasteiger partial charge in [0, 0.05) is 11.1 Å². The maximum absolute atomic E-state index is 13.0. The molecular formula is C22H27N3O3S. The minimum atomic E-state index is -0.184. The lowest BCUT2D eigenvalue weighted by Gasteiger charge is -2.17. The SMILES string of the molecule is CCOc1ccc(C(C)NC(=O)c2sc3nc(C)nc(C)c3c2C)cc1OCC. The van der Waals surface area contributed by atoms with Gasteiger partial charge in [0.15, 0.2) is 11.5 Å². The predicted octanol–water partition coefficient (Wildman–Crippen LogP) is 4.90. The number of ether oxygens (including phenoxy) is 2. The summed E-state index contributed by atoms with van der Waals surface area (Å²) in [4.78, 5) is 23.4. The molecule has 1 unspecified atom stereocenters. The van der Waals surface area contributed by atoms with Gasteiger partial charge in [-0.3, -0.25) is 4.79 Å². The van der Waals surface area contributed by atoms with Crippen LogP contribution in [-0.2, 0) is 0 Å². The Morgan fingerprint density at radius 1 is 1.10 bits per heavy atom.